The summed E-state index contributed by atoms with van der Waals surface area (Å²) in [5.41, 5.74) is 4.58. The van der Waals surface area contributed by atoms with Crippen molar-refractivity contribution in [3.05, 3.63) is 78.1 Å². The third-order valence-electron chi connectivity index (χ3n) is 4.37. The lowest BCUT2D eigenvalue weighted by atomic mass is 10.1. The van der Waals surface area contributed by atoms with Crippen LogP contribution in [0.2, 0.25) is 0 Å². The first-order valence-electron chi connectivity index (χ1n) is 8.35. The van der Waals surface area contributed by atoms with E-state index in [0.29, 0.717) is 12.2 Å². The number of hydrogen-bond donors (Lipinski definition) is 3. The molecule has 2 heterocycles. The fourth-order valence-corrected chi connectivity index (χ4v) is 3.12. The van der Waals surface area contributed by atoms with Gasteiger partial charge in [0.05, 0.1) is 12.2 Å². The number of benzene rings is 2. The Bertz CT molecular complexity index is 1070. The minimum absolute atomic E-state index is 0.0555. The average Bonchev–Trinajstić information content (AvgIpc) is 3.05. The second kappa shape index (κ2) is 6.85. The second-order valence-electron chi connectivity index (χ2n) is 6.05. The standard InChI is InChI=1S/C20H18N4O2/c25-18(23-26)13-21-19-17(12-14-6-2-1-3-7-14)24-11-10-15-8-4-5-9-16(15)20(24)22-19/h1-11,21,26H,12-13H2,(H,23,25). The van der Waals surface area contributed by atoms with Gasteiger partial charge in [-0.2, -0.15) is 0 Å². The SMILES string of the molecule is O=C(CNc1nc2c3ccccc3ccn2c1Cc1ccccc1)NO. The first-order chi connectivity index (χ1) is 12.8. The normalized spacial score (nSPS) is 11.0. The summed E-state index contributed by atoms with van der Waals surface area (Å²) < 4.78 is 2.05. The molecule has 130 valence electrons. The fourth-order valence-electron chi connectivity index (χ4n) is 3.12. The molecule has 0 saturated carbocycles. The molecule has 0 saturated heterocycles. The van der Waals surface area contributed by atoms with E-state index in [1.807, 2.05) is 48.7 Å². The summed E-state index contributed by atoms with van der Waals surface area (Å²) in [5.74, 6) is 0.117. The topological polar surface area (TPSA) is 78.7 Å². The lowest BCUT2D eigenvalue weighted by molar-refractivity contribution is -0.127. The molecule has 0 fully saturated rings. The highest BCUT2D eigenvalue weighted by molar-refractivity contribution is 5.95. The number of nitrogens with zero attached hydrogens (tertiary/aromatic N) is 2. The predicted octanol–water partition coefficient (Wildman–Crippen LogP) is 3.00. The van der Waals surface area contributed by atoms with Gasteiger partial charge in [0.25, 0.3) is 5.91 Å². The zero-order valence-corrected chi connectivity index (χ0v) is 14.0. The number of fused-ring (bicyclic) bond motifs is 3. The molecule has 4 aromatic rings. The van der Waals surface area contributed by atoms with Crippen LogP contribution in [0.25, 0.3) is 16.4 Å². The van der Waals surface area contributed by atoms with Crippen molar-refractivity contribution in [2.75, 3.05) is 11.9 Å². The van der Waals surface area contributed by atoms with Crippen LogP contribution in [0.15, 0.2) is 66.9 Å². The first-order valence-corrected chi connectivity index (χ1v) is 8.35. The molecule has 0 aliphatic carbocycles. The van der Waals surface area contributed by atoms with Gasteiger partial charge < -0.3 is 9.72 Å². The summed E-state index contributed by atoms with van der Waals surface area (Å²) in [6.45, 7) is -0.0555. The maximum Gasteiger partial charge on any atom is 0.262 e. The molecule has 0 spiro atoms. The average molecular weight is 346 g/mol. The maximum absolute atomic E-state index is 11.4. The van der Waals surface area contributed by atoms with Gasteiger partial charge in [0.1, 0.15) is 11.5 Å². The summed E-state index contributed by atoms with van der Waals surface area (Å²) >= 11 is 0. The van der Waals surface area contributed by atoms with Crippen LogP contribution in [-0.4, -0.2) is 27.0 Å². The Morgan fingerprint density at radius 3 is 2.62 bits per heavy atom. The van der Waals surface area contributed by atoms with Gasteiger partial charge in [0.15, 0.2) is 0 Å². The van der Waals surface area contributed by atoms with Gasteiger partial charge in [0, 0.05) is 18.0 Å². The van der Waals surface area contributed by atoms with Crippen LogP contribution in [0, 0.1) is 0 Å². The highest BCUT2D eigenvalue weighted by Crippen LogP contribution is 2.26. The molecule has 0 bridgehead atoms. The van der Waals surface area contributed by atoms with Crippen molar-refractivity contribution in [1.29, 1.82) is 0 Å². The Morgan fingerprint density at radius 1 is 1.04 bits per heavy atom. The van der Waals surface area contributed by atoms with E-state index in [0.717, 1.165) is 27.7 Å². The fraction of sp³-hybridized carbons (Fsp3) is 0.100. The molecule has 0 aliphatic heterocycles. The molecular weight excluding hydrogens is 328 g/mol. The summed E-state index contributed by atoms with van der Waals surface area (Å²) in [4.78, 5) is 16.2. The highest BCUT2D eigenvalue weighted by atomic mass is 16.5. The maximum atomic E-state index is 11.4. The number of aromatic nitrogens is 2. The molecule has 2 aromatic carbocycles. The Hall–Kier alpha value is -3.38. The summed E-state index contributed by atoms with van der Waals surface area (Å²) in [6, 6.07) is 20.2. The molecule has 0 atom stereocenters. The molecule has 6 nitrogen and oxygen atoms in total. The Balaban J connectivity index is 1.84. The van der Waals surface area contributed by atoms with Crippen LogP contribution in [-0.2, 0) is 11.2 Å². The molecular formula is C20H18N4O2. The number of anilines is 1. The number of carbonyl (C=O) groups excluding carboxylic acids is 1. The molecule has 1 amide bonds. The Labute approximate surface area is 150 Å². The second-order valence-corrected chi connectivity index (χ2v) is 6.05. The van der Waals surface area contributed by atoms with Crippen LogP contribution in [0.1, 0.15) is 11.3 Å². The van der Waals surface area contributed by atoms with E-state index in [4.69, 9.17) is 10.2 Å². The van der Waals surface area contributed by atoms with E-state index in [2.05, 4.69) is 27.9 Å². The molecule has 0 aliphatic rings. The van der Waals surface area contributed by atoms with Gasteiger partial charge in [0.2, 0.25) is 0 Å². The van der Waals surface area contributed by atoms with E-state index >= 15 is 0 Å². The smallest absolute Gasteiger partial charge is 0.262 e. The van der Waals surface area contributed by atoms with Crippen LogP contribution in [0.3, 0.4) is 0 Å². The summed E-state index contributed by atoms with van der Waals surface area (Å²) in [5, 5.41) is 13.9. The van der Waals surface area contributed by atoms with Gasteiger partial charge in [-0.3, -0.25) is 10.0 Å². The molecule has 2 aromatic heterocycles. The molecule has 4 rings (SSSR count). The van der Waals surface area contributed by atoms with E-state index in [1.165, 1.54) is 0 Å². The number of rotatable bonds is 5. The number of hydroxylamine groups is 1. The predicted molar refractivity (Wildman–Crippen MR) is 100 cm³/mol. The van der Waals surface area contributed by atoms with Crippen LogP contribution >= 0.6 is 0 Å². The lowest BCUT2D eigenvalue weighted by Gasteiger charge is -2.07. The number of hydrogen-bond acceptors (Lipinski definition) is 4. The van der Waals surface area contributed by atoms with Crippen molar-refractivity contribution in [2.24, 2.45) is 0 Å². The van der Waals surface area contributed by atoms with E-state index in [-0.39, 0.29) is 6.54 Å². The van der Waals surface area contributed by atoms with E-state index < -0.39 is 5.91 Å². The Morgan fingerprint density at radius 2 is 1.81 bits per heavy atom. The van der Waals surface area contributed by atoms with Crippen LogP contribution in [0.5, 0.6) is 0 Å². The molecule has 3 N–H and O–H groups in total. The van der Waals surface area contributed by atoms with Crippen molar-refractivity contribution < 1.29 is 10.0 Å². The zero-order valence-electron chi connectivity index (χ0n) is 14.0. The zero-order chi connectivity index (χ0) is 17.9. The summed E-state index contributed by atoms with van der Waals surface area (Å²) in [6.07, 6.45) is 2.67. The molecule has 26 heavy (non-hydrogen) atoms. The van der Waals surface area contributed by atoms with Crippen molar-refractivity contribution in [1.82, 2.24) is 14.9 Å². The molecule has 0 radical (unpaired) electrons. The minimum Gasteiger partial charge on any atom is -0.359 e. The number of pyridine rings is 1. The van der Waals surface area contributed by atoms with Gasteiger partial charge >= 0.3 is 0 Å². The van der Waals surface area contributed by atoms with Crippen molar-refractivity contribution in [3.8, 4) is 0 Å². The van der Waals surface area contributed by atoms with Crippen molar-refractivity contribution in [2.45, 2.75) is 6.42 Å². The van der Waals surface area contributed by atoms with Crippen molar-refractivity contribution in [3.63, 3.8) is 0 Å². The molecule has 6 heteroatoms. The highest BCUT2D eigenvalue weighted by Gasteiger charge is 2.15. The first kappa shape index (κ1) is 16.1. The largest absolute Gasteiger partial charge is 0.359 e. The van der Waals surface area contributed by atoms with Gasteiger partial charge in [-0.15, -0.1) is 0 Å². The van der Waals surface area contributed by atoms with Gasteiger partial charge in [-0.05, 0) is 17.0 Å². The minimum atomic E-state index is -0.516. The third kappa shape index (κ3) is 2.98. The monoisotopic (exact) mass is 346 g/mol. The van der Waals surface area contributed by atoms with Gasteiger partial charge in [-0.25, -0.2) is 10.5 Å². The van der Waals surface area contributed by atoms with Crippen LogP contribution in [0.4, 0.5) is 5.82 Å². The summed E-state index contributed by atoms with van der Waals surface area (Å²) in [7, 11) is 0. The number of imidazole rings is 1. The van der Waals surface area contributed by atoms with Gasteiger partial charge in [-0.1, -0.05) is 54.6 Å². The van der Waals surface area contributed by atoms with Crippen molar-refractivity contribution >= 4 is 28.1 Å². The van der Waals surface area contributed by atoms with E-state index in [9.17, 15) is 4.79 Å². The number of amides is 1. The molecule has 0 unspecified atom stereocenters. The Kier molecular flexibility index (Phi) is 4.25. The number of nitrogens with one attached hydrogen (secondary N) is 2. The van der Waals surface area contributed by atoms with E-state index in [1.54, 1.807) is 5.48 Å². The van der Waals surface area contributed by atoms with Crippen LogP contribution < -0.4 is 10.8 Å². The third-order valence-corrected chi connectivity index (χ3v) is 4.37. The quantitative estimate of drug-likeness (QED) is 0.383. The lowest BCUT2D eigenvalue weighted by Crippen LogP contribution is -2.27. The number of carbonyl (C=O) groups is 1.